The molecule has 1 N–H and O–H groups in total. The highest BCUT2D eigenvalue weighted by molar-refractivity contribution is 5.92. The first-order valence-corrected chi connectivity index (χ1v) is 8.91. The van der Waals surface area contributed by atoms with Crippen LogP contribution in [-0.4, -0.2) is 25.1 Å². The van der Waals surface area contributed by atoms with Gasteiger partial charge in [0, 0.05) is 11.3 Å². The molecule has 0 bridgehead atoms. The third-order valence-electron chi connectivity index (χ3n) is 4.02. The van der Waals surface area contributed by atoms with Crippen LogP contribution in [0.5, 0.6) is 5.75 Å². The van der Waals surface area contributed by atoms with E-state index in [1.807, 2.05) is 67.6 Å². The normalized spacial score (nSPS) is 10.2. The lowest BCUT2D eigenvalue weighted by molar-refractivity contribution is -0.149. The minimum absolute atomic E-state index is 0.276. The Morgan fingerprint density at radius 3 is 2.25 bits per heavy atom. The quantitative estimate of drug-likeness (QED) is 0.628. The van der Waals surface area contributed by atoms with Crippen LogP contribution in [0.25, 0.3) is 11.1 Å². The molecule has 0 radical (unpaired) electrons. The molecule has 0 aromatic heterocycles. The molecular weight excluding hydrogens is 354 g/mol. The number of hydrogen-bond acceptors (Lipinski definition) is 4. The van der Waals surface area contributed by atoms with E-state index < -0.39 is 11.9 Å². The van der Waals surface area contributed by atoms with Crippen molar-refractivity contribution in [1.82, 2.24) is 0 Å². The van der Waals surface area contributed by atoms with Crippen LogP contribution in [0.3, 0.4) is 0 Å². The summed E-state index contributed by atoms with van der Waals surface area (Å²) in [7, 11) is 0. The van der Waals surface area contributed by atoms with E-state index in [-0.39, 0.29) is 13.2 Å². The van der Waals surface area contributed by atoms with Gasteiger partial charge in [0.2, 0.25) is 0 Å². The Labute approximate surface area is 163 Å². The third kappa shape index (κ3) is 5.45. The number of rotatable bonds is 7. The molecule has 0 aliphatic heterocycles. The number of ether oxygens (including phenoxy) is 2. The van der Waals surface area contributed by atoms with Crippen LogP contribution in [-0.2, 0) is 14.3 Å². The van der Waals surface area contributed by atoms with Gasteiger partial charge in [-0.25, -0.2) is 4.79 Å². The fourth-order valence-corrected chi connectivity index (χ4v) is 2.61. The summed E-state index contributed by atoms with van der Waals surface area (Å²) in [6, 6.07) is 24.6. The largest absolute Gasteiger partial charge is 0.481 e. The maximum atomic E-state index is 11.9. The van der Waals surface area contributed by atoms with Gasteiger partial charge in [-0.2, -0.15) is 0 Å². The van der Waals surface area contributed by atoms with Crippen molar-refractivity contribution in [1.29, 1.82) is 0 Å². The Kier molecular flexibility index (Phi) is 6.41. The van der Waals surface area contributed by atoms with Gasteiger partial charge in [0.05, 0.1) is 0 Å². The highest BCUT2D eigenvalue weighted by atomic mass is 16.6. The number of para-hydroxylation sites is 1. The van der Waals surface area contributed by atoms with Crippen molar-refractivity contribution in [2.24, 2.45) is 0 Å². The molecule has 0 saturated heterocycles. The SMILES string of the molecule is Cc1ccc(NC(=O)COC(=O)COc2ccccc2-c2ccccc2)cc1. The van der Waals surface area contributed by atoms with Gasteiger partial charge in [-0.3, -0.25) is 4.79 Å². The third-order valence-corrected chi connectivity index (χ3v) is 4.02. The van der Waals surface area contributed by atoms with Gasteiger partial charge in [-0.15, -0.1) is 0 Å². The lowest BCUT2D eigenvalue weighted by Gasteiger charge is -2.11. The van der Waals surface area contributed by atoms with E-state index in [1.54, 1.807) is 18.2 Å². The van der Waals surface area contributed by atoms with Gasteiger partial charge < -0.3 is 14.8 Å². The van der Waals surface area contributed by atoms with Crippen LogP contribution in [0.1, 0.15) is 5.56 Å². The molecule has 0 heterocycles. The first-order valence-electron chi connectivity index (χ1n) is 8.91. The van der Waals surface area contributed by atoms with Crippen LogP contribution in [0.2, 0.25) is 0 Å². The number of hydrogen-bond donors (Lipinski definition) is 1. The van der Waals surface area contributed by atoms with Crippen molar-refractivity contribution in [2.75, 3.05) is 18.5 Å². The Balaban J connectivity index is 1.50. The summed E-state index contributed by atoms with van der Waals surface area (Å²) in [5, 5.41) is 2.67. The fourth-order valence-electron chi connectivity index (χ4n) is 2.61. The van der Waals surface area contributed by atoms with E-state index in [2.05, 4.69) is 5.32 Å². The number of carbonyl (C=O) groups is 2. The fraction of sp³-hybridized carbons (Fsp3) is 0.130. The highest BCUT2D eigenvalue weighted by Gasteiger charge is 2.11. The van der Waals surface area contributed by atoms with Crippen molar-refractivity contribution in [3.05, 3.63) is 84.4 Å². The zero-order valence-corrected chi connectivity index (χ0v) is 15.6. The zero-order valence-electron chi connectivity index (χ0n) is 15.6. The van der Waals surface area contributed by atoms with Crippen molar-refractivity contribution in [3.8, 4) is 16.9 Å². The van der Waals surface area contributed by atoms with Gasteiger partial charge in [-0.1, -0.05) is 66.2 Å². The predicted molar refractivity (Wildman–Crippen MR) is 108 cm³/mol. The molecule has 0 unspecified atom stereocenters. The molecule has 0 aliphatic carbocycles. The molecule has 0 saturated carbocycles. The topological polar surface area (TPSA) is 64.6 Å². The molecule has 0 spiro atoms. The van der Waals surface area contributed by atoms with Gasteiger partial charge in [0.15, 0.2) is 13.2 Å². The maximum absolute atomic E-state index is 11.9. The smallest absolute Gasteiger partial charge is 0.344 e. The summed E-state index contributed by atoms with van der Waals surface area (Å²) < 4.78 is 10.6. The van der Waals surface area contributed by atoms with Crippen LogP contribution in [0.15, 0.2) is 78.9 Å². The summed E-state index contributed by atoms with van der Waals surface area (Å²) in [5.41, 5.74) is 3.62. The van der Waals surface area contributed by atoms with Gasteiger partial charge in [-0.05, 0) is 30.7 Å². The second-order valence-corrected chi connectivity index (χ2v) is 6.23. The van der Waals surface area contributed by atoms with E-state index in [9.17, 15) is 9.59 Å². The molecule has 28 heavy (non-hydrogen) atoms. The maximum Gasteiger partial charge on any atom is 0.344 e. The number of esters is 1. The van der Waals surface area contributed by atoms with E-state index in [0.717, 1.165) is 16.7 Å². The first kappa shape index (κ1) is 19.2. The average molecular weight is 375 g/mol. The number of amides is 1. The summed E-state index contributed by atoms with van der Waals surface area (Å²) in [5.74, 6) is -0.432. The van der Waals surface area contributed by atoms with Crippen LogP contribution >= 0.6 is 0 Å². The molecule has 3 aromatic carbocycles. The Hall–Kier alpha value is -3.60. The molecule has 0 atom stereocenters. The summed E-state index contributed by atoms with van der Waals surface area (Å²) in [6.07, 6.45) is 0. The van der Waals surface area contributed by atoms with Crippen molar-refractivity contribution in [2.45, 2.75) is 6.92 Å². The molecule has 3 aromatic rings. The predicted octanol–water partition coefficient (Wildman–Crippen LogP) is 4.22. The molecule has 0 aliphatic rings. The van der Waals surface area contributed by atoms with E-state index in [0.29, 0.717) is 11.4 Å². The number of anilines is 1. The molecule has 1 amide bonds. The minimum Gasteiger partial charge on any atom is -0.481 e. The number of benzene rings is 3. The number of carbonyl (C=O) groups excluding carboxylic acids is 2. The monoisotopic (exact) mass is 375 g/mol. The lowest BCUT2D eigenvalue weighted by atomic mass is 10.1. The Bertz CT molecular complexity index is 936. The molecule has 5 nitrogen and oxygen atoms in total. The number of nitrogens with one attached hydrogen (secondary N) is 1. The van der Waals surface area contributed by atoms with E-state index >= 15 is 0 Å². The average Bonchev–Trinajstić information content (AvgIpc) is 2.73. The van der Waals surface area contributed by atoms with E-state index in [4.69, 9.17) is 9.47 Å². The second kappa shape index (κ2) is 9.37. The summed E-state index contributed by atoms with van der Waals surface area (Å²) in [6.45, 7) is 1.32. The molecular formula is C23H21NO4. The summed E-state index contributed by atoms with van der Waals surface area (Å²) >= 11 is 0. The molecule has 3 rings (SSSR count). The summed E-state index contributed by atoms with van der Waals surface area (Å²) in [4.78, 5) is 23.8. The Morgan fingerprint density at radius 2 is 1.50 bits per heavy atom. The first-order chi connectivity index (χ1) is 13.6. The van der Waals surface area contributed by atoms with Crippen LogP contribution in [0, 0.1) is 6.92 Å². The lowest BCUT2D eigenvalue weighted by Crippen LogP contribution is -2.23. The molecule has 0 fully saturated rings. The van der Waals surface area contributed by atoms with Gasteiger partial charge in [0.1, 0.15) is 5.75 Å². The molecule has 5 heteroatoms. The van der Waals surface area contributed by atoms with Crippen molar-refractivity contribution in [3.63, 3.8) is 0 Å². The van der Waals surface area contributed by atoms with Crippen LogP contribution < -0.4 is 10.1 Å². The van der Waals surface area contributed by atoms with Crippen molar-refractivity contribution < 1.29 is 19.1 Å². The van der Waals surface area contributed by atoms with Crippen LogP contribution in [0.4, 0.5) is 5.69 Å². The van der Waals surface area contributed by atoms with Gasteiger partial charge in [0.25, 0.3) is 5.91 Å². The van der Waals surface area contributed by atoms with Gasteiger partial charge >= 0.3 is 5.97 Å². The minimum atomic E-state index is -0.609. The highest BCUT2D eigenvalue weighted by Crippen LogP contribution is 2.29. The van der Waals surface area contributed by atoms with E-state index in [1.165, 1.54) is 0 Å². The standard InChI is InChI=1S/C23H21NO4/c1-17-11-13-19(14-12-17)24-22(25)15-28-23(26)16-27-21-10-6-5-9-20(21)18-7-3-2-4-8-18/h2-14H,15-16H2,1H3,(H,24,25). The Morgan fingerprint density at radius 1 is 0.821 bits per heavy atom. The number of aryl methyl sites for hydroxylation is 1. The second-order valence-electron chi connectivity index (χ2n) is 6.23. The zero-order chi connectivity index (χ0) is 19.8. The molecule has 142 valence electrons. The van der Waals surface area contributed by atoms with Crippen molar-refractivity contribution >= 4 is 17.6 Å².